The average molecular weight is 574 g/mol. The molecule has 0 saturated heterocycles. The van der Waals surface area contributed by atoms with E-state index in [4.69, 9.17) is 9.47 Å². The van der Waals surface area contributed by atoms with Gasteiger partial charge in [0.1, 0.15) is 0 Å². The molecule has 0 amide bonds. The summed E-state index contributed by atoms with van der Waals surface area (Å²) in [5.74, 6) is 3.49. The van der Waals surface area contributed by atoms with Crippen LogP contribution in [0, 0.1) is 46.3 Å². The number of aliphatic hydroxyl groups excluding tert-OH is 1. The van der Waals surface area contributed by atoms with Crippen LogP contribution in [0.15, 0.2) is 48.8 Å². The summed E-state index contributed by atoms with van der Waals surface area (Å²) in [4.78, 5) is 16.1. The third-order valence-electron chi connectivity index (χ3n) is 12.9. The fourth-order valence-electron chi connectivity index (χ4n) is 10.5. The molecule has 4 fully saturated rings. The van der Waals surface area contributed by atoms with Gasteiger partial charge in [0.25, 0.3) is 0 Å². The first-order valence-corrected chi connectivity index (χ1v) is 16.6. The van der Waals surface area contributed by atoms with Crippen LogP contribution in [0.4, 0.5) is 0 Å². The summed E-state index contributed by atoms with van der Waals surface area (Å²) < 4.78 is 12.0. The highest BCUT2D eigenvalue weighted by atomic mass is 16.5. The Labute approximate surface area is 252 Å². The fraction of sp³-hybridized carbons (Fsp3) is 0.676. The number of methoxy groups -OCH3 is 1. The Morgan fingerprint density at radius 2 is 1.64 bits per heavy atom. The van der Waals surface area contributed by atoms with E-state index in [1.807, 2.05) is 12.4 Å². The molecule has 0 spiro atoms. The predicted molar refractivity (Wildman–Crippen MR) is 165 cm³/mol. The second-order valence-corrected chi connectivity index (χ2v) is 14.8. The molecule has 6 rings (SSSR count). The molecule has 1 heterocycles. The maximum Gasteiger partial charge on any atom is 0.305 e. The van der Waals surface area contributed by atoms with Crippen molar-refractivity contribution in [1.29, 1.82) is 0 Å². The molecule has 42 heavy (non-hydrogen) atoms. The molecule has 1 aromatic heterocycles. The van der Waals surface area contributed by atoms with Crippen molar-refractivity contribution in [2.45, 2.75) is 104 Å². The highest BCUT2D eigenvalue weighted by Crippen LogP contribution is 2.68. The van der Waals surface area contributed by atoms with Crippen LogP contribution in [-0.2, 0) is 20.9 Å². The smallest absolute Gasteiger partial charge is 0.305 e. The molecule has 5 nitrogen and oxygen atoms in total. The molecule has 2 aromatic rings. The van der Waals surface area contributed by atoms with E-state index in [0.717, 1.165) is 32.1 Å². The molecular weight excluding hydrogens is 522 g/mol. The summed E-state index contributed by atoms with van der Waals surface area (Å²) in [6.07, 6.45) is 14.3. The molecule has 4 saturated carbocycles. The van der Waals surface area contributed by atoms with E-state index in [0.29, 0.717) is 59.4 Å². The number of esters is 1. The van der Waals surface area contributed by atoms with Gasteiger partial charge in [0.05, 0.1) is 25.9 Å². The van der Waals surface area contributed by atoms with Gasteiger partial charge in [-0.2, -0.15) is 0 Å². The van der Waals surface area contributed by atoms with Crippen LogP contribution >= 0.6 is 0 Å². The molecule has 228 valence electrons. The minimum absolute atomic E-state index is 0.0849. The standard InChI is InChI=1S/C37H51NO4/c1-24(5-12-34(40)41-4)30-10-11-31-35-32(14-18-37(30,31)3)36(2)17-13-29(39)21-28(36)22-33(35)42-23-25-6-8-26(9-7-25)27-15-19-38-20-16-27/h6-9,15-16,19-20,24,28-33,35,39H,5,10-14,17-18,21-23H2,1-4H3/t24-,28+,29-,30-,31+,32+,33-,35+,36+,37-/m1/s1. The molecule has 0 aliphatic heterocycles. The Morgan fingerprint density at radius 3 is 2.38 bits per heavy atom. The minimum atomic E-state index is -0.165. The second kappa shape index (κ2) is 12.0. The van der Waals surface area contributed by atoms with Crippen LogP contribution in [0.3, 0.4) is 0 Å². The van der Waals surface area contributed by atoms with E-state index in [9.17, 15) is 9.90 Å². The number of carbonyl (C=O) groups excluding carboxylic acids is 1. The monoisotopic (exact) mass is 573 g/mol. The largest absolute Gasteiger partial charge is 0.469 e. The Hall–Kier alpha value is -2.24. The summed E-state index contributed by atoms with van der Waals surface area (Å²) in [7, 11) is 1.50. The normalized spacial score (nSPS) is 38.2. The number of hydrogen-bond donors (Lipinski definition) is 1. The number of hydrogen-bond acceptors (Lipinski definition) is 5. The van der Waals surface area contributed by atoms with Crippen molar-refractivity contribution in [2.24, 2.45) is 46.3 Å². The highest BCUT2D eigenvalue weighted by molar-refractivity contribution is 5.69. The van der Waals surface area contributed by atoms with Crippen molar-refractivity contribution < 1.29 is 19.4 Å². The average Bonchev–Trinajstić information content (AvgIpc) is 3.37. The van der Waals surface area contributed by atoms with Crippen molar-refractivity contribution in [2.75, 3.05) is 7.11 Å². The zero-order valence-corrected chi connectivity index (χ0v) is 26.1. The van der Waals surface area contributed by atoms with Gasteiger partial charge in [0, 0.05) is 18.8 Å². The lowest BCUT2D eigenvalue weighted by Crippen LogP contribution is -2.59. The Morgan fingerprint density at radius 1 is 0.952 bits per heavy atom. The van der Waals surface area contributed by atoms with Crippen molar-refractivity contribution >= 4 is 5.97 Å². The fourth-order valence-corrected chi connectivity index (χ4v) is 10.5. The molecule has 1 N–H and O–H groups in total. The molecule has 1 aromatic carbocycles. The SMILES string of the molecule is COC(=O)CC[C@@H](C)[C@H]1CC[C@H]2[C@@H]3[C@H](OCc4ccc(-c5ccncc5)cc4)C[C@@H]4C[C@H](O)CC[C@]4(C)[C@H]3CC[C@]12C. The minimum Gasteiger partial charge on any atom is -0.469 e. The topological polar surface area (TPSA) is 68.7 Å². The number of benzene rings is 1. The zero-order valence-electron chi connectivity index (χ0n) is 26.1. The first-order valence-electron chi connectivity index (χ1n) is 16.6. The Balaban J connectivity index is 1.22. The summed E-state index contributed by atoms with van der Waals surface area (Å²) >= 11 is 0. The van der Waals surface area contributed by atoms with Crippen LogP contribution < -0.4 is 0 Å². The van der Waals surface area contributed by atoms with E-state index in [1.165, 1.54) is 49.5 Å². The lowest BCUT2D eigenvalue weighted by molar-refractivity contribution is -0.191. The van der Waals surface area contributed by atoms with Crippen LogP contribution in [0.5, 0.6) is 0 Å². The van der Waals surface area contributed by atoms with E-state index >= 15 is 0 Å². The van der Waals surface area contributed by atoms with E-state index in [2.05, 4.69) is 62.2 Å². The molecule has 0 bridgehead atoms. The number of pyridine rings is 1. The van der Waals surface area contributed by atoms with Gasteiger partial charge < -0.3 is 14.6 Å². The lowest BCUT2D eigenvalue weighted by Gasteiger charge is -2.63. The van der Waals surface area contributed by atoms with Gasteiger partial charge in [-0.3, -0.25) is 9.78 Å². The summed E-state index contributed by atoms with van der Waals surface area (Å²) in [6, 6.07) is 12.9. The highest BCUT2D eigenvalue weighted by Gasteiger charge is 2.63. The third kappa shape index (κ3) is 5.45. The van der Waals surface area contributed by atoms with Crippen molar-refractivity contribution in [3.63, 3.8) is 0 Å². The summed E-state index contributed by atoms with van der Waals surface area (Å²) in [5, 5.41) is 10.7. The Bertz CT molecular complexity index is 1220. The van der Waals surface area contributed by atoms with Gasteiger partial charge in [0.15, 0.2) is 0 Å². The Kier molecular flexibility index (Phi) is 8.54. The molecule has 4 aliphatic rings. The molecule has 0 unspecified atom stereocenters. The van der Waals surface area contributed by atoms with E-state index < -0.39 is 0 Å². The maximum absolute atomic E-state index is 11.9. The van der Waals surface area contributed by atoms with Crippen molar-refractivity contribution in [3.8, 4) is 11.1 Å². The van der Waals surface area contributed by atoms with Gasteiger partial charge in [-0.05, 0) is 133 Å². The van der Waals surface area contributed by atoms with E-state index in [1.54, 1.807) is 0 Å². The zero-order chi connectivity index (χ0) is 29.5. The van der Waals surface area contributed by atoms with Gasteiger partial charge in [-0.25, -0.2) is 0 Å². The molecule has 0 radical (unpaired) electrons. The molecule has 10 atom stereocenters. The second-order valence-electron chi connectivity index (χ2n) is 14.8. The third-order valence-corrected chi connectivity index (χ3v) is 12.9. The number of fused-ring (bicyclic) bond motifs is 5. The van der Waals surface area contributed by atoms with Crippen LogP contribution in [-0.4, -0.2) is 35.4 Å². The van der Waals surface area contributed by atoms with Gasteiger partial charge in [0.2, 0.25) is 0 Å². The van der Waals surface area contributed by atoms with Crippen LogP contribution in [0.1, 0.15) is 90.5 Å². The van der Waals surface area contributed by atoms with Gasteiger partial charge >= 0.3 is 5.97 Å². The number of aliphatic hydroxyl groups is 1. The van der Waals surface area contributed by atoms with Gasteiger partial charge in [-0.1, -0.05) is 45.0 Å². The van der Waals surface area contributed by atoms with E-state index in [-0.39, 0.29) is 18.2 Å². The molecular formula is C37H51NO4. The molecule has 4 aliphatic carbocycles. The number of carbonyl (C=O) groups is 1. The maximum atomic E-state index is 11.9. The van der Waals surface area contributed by atoms with Crippen LogP contribution in [0.2, 0.25) is 0 Å². The molecule has 5 heteroatoms. The lowest BCUT2D eigenvalue weighted by atomic mass is 9.43. The van der Waals surface area contributed by atoms with Crippen LogP contribution in [0.25, 0.3) is 11.1 Å². The summed E-state index contributed by atoms with van der Waals surface area (Å²) in [6.45, 7) is 8.15. The first-order chi connectivity index (χ1) is 20.2. The van der Waals surface area contributed by atoms with Gasteiger partial charge in [-0.15, -0.1) is 0 Å². The number of nitrogens with zero attached hydrogens (tertiary/aromatic N) is 1. The van der Waals surface area contributed by atoms with Crippen molar-refractivity contribution in [1.82, 2.24) is 4.98 Å². The quantitative estimate of drug-likeness (QED) is 0.326. The predicted octanol–water partition coefficient (Wildman–Crippen LogP) is 7.85. The number of ether oxygens (including phenoxy) is 2. The number of aromatic nitrogens is 1. The first kappa shape index (κ1) is 29.8. The summed E-state index contributed by atoms with van der Waals surface area (Å²) in [5.41, 5.74) is 4.20. The number of rotatable bonds is 8. The van der Waals surface area contributed by atoms with Crippen molar-refractivity contribution in [3.05, 3.63) is 54.4 Å².